The topological polar surface area (TPSA) is 88.6 Å². The lowest BCUT2D eigenvalue weighted by atomic mass is 10.1. The van der Waals surface area contributed by atoms with Gasteiger partial charge in [-0.3, -0.25) is 14.4 Å². The molecule has 1 aromatic heterocycles. The standard InChI is InChI=1S/C19H18F3N3O4S/c1-29-16(27)7-14-10-30-18(23-14)24-17(28)12-6-15(26)25(9-12)8-11-3-2-4-13(5-11)19(20,21)22/h2-5,10,12H,6-9H2,1H3,(H,23,24,28). The Morgan fingerprint density at radius 1 is 1.37 bits per heavy atom. The maximum Gasteiger partial charge on any atom is 0.416 e. The molecular weight excluding hydrogens is 423 g/mol. The molecule has 1 saturated heterocycles. The number of anilines is 1. The summed E-state index contributed by atoms with van der Waals surface area (Å²) in [6, 6.07) is 4.76. The van der Waals surface area contributed by atoms with Crippen molar-refractivity contribution in [1.29, 1.82) is 0 Å². The van der Waals surface area contributed by atoms with E-state index in [2.05, 4.69) is 15.0 Å². The first kappa shape index (κ1) is 21.8. The van der Waals surface area contributed by atoms with Gasteiger partial charge in [0.1, 0.15) is 0 Å². The molecule has 3 rings (SSSR count). The van der Waals surface area contributed by atoms with E-state index in [-0.39, 0.29) is 31.8 Å². The number of hydrogen-bond acceptors (Lipinski definition) is 6. The predicted octanol–water partition coefficient (Wildman–Crippen LogP) is 2.86. The number of carbonyl (C=O) groups excluding carboxylic acids is 3. The van der Waals surface area contributed by atoms with Gasteiger partial charge in [-0.05, 0) is 17.7 Å². The summed E-state index contributed by atoms with van der Waals surface area (Å²) in [5, 5.41) is 4.53. The predicted molar refractivity (Wildman–Crippen MR) is 101 cm³/mol. The second kappa shape index (κ2) is 8.82. The van der Waals surface area contributed by atoms with Crippen LogP contribution in [-0.4, -0.2) is 41.3 Å². The van der Waals surface area contributed by atoms with Crippen molar-refractivity contribution in [2.45, 2.75) is 25.6 Å². The zero-order valence-electron chi connectivity index (χ0n) is 15.9. The minimum absolute atomic E-state index is 0.00688. The Hall–Kier alpha value is -2.95. The summed E-state index contributed by atoms with van der Waals surface area (Å²) in [4.78, 5) is 41.5. The van der Waals surface area contributed by atoms with E-state index < -0.39 is 29.5 Å². The number of aromatic nitrogens is 1. The lowest BCUT2D eigenvalue weighted by molar-refractivity contribution is -0.140. The Kier molecular flexibility index (Phi) is 6.40. The van der Waals surface area contributed by atoms with E-state index in [0.29, 0.717) is 16.4 Å². The van der Waals surface area contributed by atoms with Crippen molar-refractivity contribution < 1.29 is 32.3 Å². The van der Waals surface area contributed by atoms with Crippen LogP contribution in [0.4, 0.5) is 18.3 Å². The highest BCUT2D eigenvalue weighted by molar-refractivity contribution is 7.13. The maximum absolute atomic E-state index is 12.9. The maximum atomic E-state index is 12.9. The molecule has 2 heterocycles. The highest BCUT2D eigenvalue weighted by Crippen LogP contribution is 2.30. The van der Waals surface area contributed by atoms with E-state index in [9.17, 15) is 27.6 Å². The van der Waals surface area contributed by atoms with E-state index >= 15 is 0 Å². The van der Waals surface area contributed by atoms with Crippen molar-refractivity contribution in [3.63, 3.8) is 0 Å². The lowest BCUT2D eigenvalue weighted by Gasteiger charge is -2.17. The van der Waals surface area contributed by atoms with Gasteiger partial charge in [-0.2, -0.15) is 13.2 Å². The van der Waals surface area contributed by atoms with Crippen LogP contribution in [0.15, 0.2) is 29.6 Å². The fraction of sp³-hybridized carbons (Fsp3) is 0.368. The molecule has 7 nitrogen and oxygen atoms in total. The van der Waals surface area contributed by atoms with Gasteiger partial charge < -0.3 is 15.0 Å². The second-order valence-electron chi connectivity index (χ2n) is 6.76. The lowest BCUT2D eigenvalue weighted by Crippen LogP contribution is -2.28. The number of rotatable bonds is 6. The summed E-state index contributed by atoms with van der Waals surface area (Å²) in [7, 11) is 1.26. The summed E-state index contributed by atoms with van der Waals surface area (Å²) < 4.78 is 43.1. The molecule has 1 N–H and O–H groups in total. The van der Waals surface area contributed by atoms with Crippen LogP contribution in [0.1, 0.15) is 23.2 Å². The summed E-state index contributed by atoms with van der Waals surface area (Å²) in [5.41, 5.74) is 0.00916. The first-order valence-electron chi connectivity index (χ1n) is 8.91. The number of nitrogens with one attached hydrogen (secondary N) is 1. The van der Waals surface area contributed by atoms with Crippen LogP contribution < -0.4 is 5.32 Å². The summed E-state index contributed by atoms with van der Waals surface area (Å²) in [5.74, 6) is -1.81. The van der Waals surface area contributed by atoms with E-state index in [0.717, 1.165) is 23.5 Å². The van der Waals surface area contributed by atoms with Crippen LogP contribution in [0.3, 0.4) is 0 Å². The molecule has 1 atom stereocenters. The Balaban J connectivity index is 1.59. The highest BCUT2D eigenvalue weighted by atomic mass is 32.1. The molecule has 1 unspecified atom stereocenters. The first-order chi connectivity index (χ1) is 14.2. The van der Waals surface area contributed by atoms with Crippen molar-refractivity contribution in [1.82, 2.24) is 9.88 Å². The van der Waals surface area contributed by atoms with Gasteiger partial charge in [0, 0.05) is 24.9 Å². The van der Waals surface area contributed by atoms with Crippen molar-refractivity contribution in [2.24, 2.45) is 5.92 Å². The van der Waals surface area contributed by atoms with Gasteiger partial charge >= 0.3 is 12.1 Å². The number of alkyl halides is 3. The summed E-state index contributed by atoms with van der Waals surface area (Å²) >= 11 is 1.14. The molecule has 0 aliphatic carbocycles. The van der Waals surface area contributed by atoms with Gasteiger partial charge in [-0.15, -0.1) is 11.3 Å². The molecule has 2 aromatic rings. The SMILES string of the molecule is COC(=O)Cc1csc(NC(=O)C2CC(=O)N(Cc3cccc(C(F)(F)F)c3)C2)n1. The number of carbonyl (C=O) groups is 3. The molecule has 30 heavy (non-hydrogen) atoms. The first-order valence-corrected chi connectivity index (χ1v) is 9.79. The molecule has 0 radical (unpaired) electrons. The Bertz CT molecular complexity index is 960. The van der Waals surface area contributed by atoms with Crippen LogP contribution in [0.5, 0.6) is 0 Å². The number of ether oxygens (including phenoxy) is 1. The number of hydrogen-bond donors (Lipinski definition) is 1. The molecule has 2 amide bonds. The number of halogens is 3. The van der Waals surface area contributed by atoms with Crippen molar-refractivity contribution in [3.8, 4) is 0 Å². The minimum atomic E-state index is -4.46. The Morgan fingerprint density at radius 3 is 2.83 bits per heavy atom. The summed E-state index contributed by atoms with van der Waals surface area (Å²) in [6.45, 7) is 0.0916. The zero-order chi connectivity index (χ0) is 21.9. The molecule has 1 fully saturated rings. The van der Waals surface area contributed by atoms with Gasteiger partial charge in [-0.1, -0.05) is 12.1 Å². The summed E-state index contributed by atoms with van der Waals surface area (Å²) in [6.07, 6.45) is -4.52. The molecular formula is C19H18F3N3O4S. The van der Waals surface area contributed by atoms with E-state index in [4.69, 9.17) is 0 Å². The third kappa shape index (κ3) is 5.35. The number of nitrogens with zero attached hydrogens (tertiary/aromatic N) is 2. The fourth-order valence-electron chi connectivity index (χ4n) is 3.04. The molecule has 11 heteroatoms. The minimum Gasteiger partial charge on any atom is -0.469 e. The molecule has 0 saturated carbocycles. The van der Waals surface area contributed by atoms with Crippen LogP contribution in [0, 0.1) is 5.92 Å². The van der Waals surface area contributed by atoms with Crippen LogP contribution in [-0.2, 0) is 38.3 Å². The molecule has 160 valence electrons. The van der Waals surface area contributed by atoms with E-state index in [1.807, 2.05) is 0 Å². The fourth-order valence-corrected chi connectivity index (χ4v) is 3.75. The molecule has 1 aliphatic heterocycles. The molecule has 1 aliphatic rings. The third-order valence-electron chi connectivity index (χ3n) is 4.55. The van der Waals surface area contributed by atoms with E-state index in [1.165, 1.54) is 24.1 Å². The number of methoxy groups -OCH3 is 1. The Morgan fingerprint density at radius 2 is 2.13 bits per heavy atom. The van der Waals surface area contributed by atoms with E-state index in [1.54, 1.807) is 5.38 Å². The van der Waals surface area contributed by atoms with Crippen LogP contribution in [0.2, 0.25) is 0 Å². The van der Waals surface area contributed by atoms with Crippen molar-refractivity contribution >= 4 is 34.3 Å². The smallest absolute Gasteiger partial charge is 0.416 e. The van der Waals surface area contributed by atoms with Gasteiger partial charge in [-0.25, -0.2) is 4.98 Å². The van der Waals surface area contributed by atoms with Gasteiger partial charge in [0.25, 0.3) is 0 Å². The zero-order valence-corrected chi connectivity index (χ0v) is 16.7. The normalized spacial score (nSPS) is 16.6. The molecule has 0 bridgehead atoms. The number of benzene rings is 1. The molecule has 1 aromatic carbocycles. The largest absolute Gasteiger partial charge is 0.469 e. The monoisotopic (exact) mass is 441 g/mol. The second-order valence-corrected chi connectivity index (χ2v) is 7.62. The quantitative estimate of drug-likeness (QED) is 0.697. The average Bonchev–Trinajstić information content (AvgIpc) is 3.27. The number of thiazole rings is 1. The average molecular weight is 441 g/mol. The van der Waals surface area contributed by atoms with Crippen LogP contribution in [0.25, 0.3) is 0 Å². The third-order valence-corrected chi connectivity index (χ3v) is 5.35. The van der Waals surface area contributed by atoms with Crippen molar-refractivity contribution in [3.05, 3.63) is 46.5 Å². The molecule has 0 spiro atoms. The van der Waals surface area contributed by atoms with Gasteiger partial charge in [0.2, 0.25) is 11.8 Å². The number of likely N-dealkylation sites (tertiary alicyclic amines) is 1. The highest BCUT2D eigenvalue weighted by Gasteiger charge is 2.35. The van der Waals surface area contributed by atoms with Gasteiger partial charge in [0.15, 0.2) is 5.13 Å². The number of amides is 2. The van der Waals surface area contributed by atoms with Crippen LogP contribution >= 0.6 is 11.3 Å². The van der Waals surface area contributed by atoms with Crippen molar-refractivity contribution in [2.75, 3.05) is 19.0 Å². The number of esters is 1. The Labute approximate surface area is 173 Å². The van der Waals surface area contributed by atoms with Gasteiger partial charge in [0.05, 0.1) is 30.7 Å².